The Balaban J connectivity index is 1.77. The Kier molecular flexibility index (Phi) is 5.00. The minimum absolute atomic E-state index is 0.407. The summed E-state index contributed by atoms with van der Waals surface area (Å²) < 4.78 is 6.94. The Morgan fingerprint density at radius 2 is 1.27 bits per heavy atom. The Labute approximate surface area is 186 Å². The second-order valence-corrected chi connectivity index (χ2v) is 8.09. The van der Waals surface area contributed by atoms with E-state index in [1.54, 1.807) is 6.07 Å². The zero-order valence-corrected chi connectivity index (χ0v) is 17.6. The first-order valence-corrected chi connectivity index (χ1v) is 10.5. The first-order chi connectivity index (χ1) is 14.7. The number of fused-ring (bicyclic) bond motifs is 1. The van der Waals surface area contributed by atoms with E-state index in [0.29, 0.717) is 10.0 Å². The van der Waals surface area contributed by atoms with Crippen LogP contribution in [0.3, 0.4) is 0 Å². The number of hydrogen-bond acceptors (Lipinski definition) is 2. The Morgan fingerprint density at radius 3 is 1.90 bits per heavy atom. The van der Waals surface area contributed by atoms with Gasteiger partial charge in [-0.1, -0.05) is 108 Å². The molecule has 0 aromatic heterocycles. The molecule has 4 aromatic carbocycles. The molecule has 0 saturated heterocycles. The van der Waals surface area contributed by atoms with Crippen molar-refractivity contribution in [2.75, 3.05) is 5.32 Å². The number of benzene rings is 4. The fraction of sp³-hybridized carbons (Fsp3) is 0.0769. The van der Waals surface area contributed by atoms with Crippen LogP contribution >= 0.6 is 23.2 Å². The Bertz CT molecular complexity index is 1140. The summed E-state index contributed by atoms with van der Waals surface area (Å²) in [5.41, 5.74) is 4.35. The third-order valence-corrected chi connectivity index (χ3v) is 6.23. The lowest BCUT2D eigenvalue weighted by Gasteiger charge is -2.44. The van der Waals surface area contributed by atoms with Crippen LogP contribution in [-0.2, 0) is 10.3 Å². The van der Waals surface area contributed by atoms with Crippen LogP contribution in [0, 0.1) is 0 Å². The van der Waals surface area contributed by atoms with Gasteiger partial charge in [-0.25, -0.2) is 0 Å². The number of anilines is 1. The molecule has 1 atom stereocenters. The first kappa shape index (κ1) is 19.2. The lowest BCUT2D eigenvalue weighted by atomic mass is 9.78. The monoisotopic (exact) mass is 431 g/mol. The van der Waals surface area contributed by atoms with Crippen molar-refractivity contribution >= 4 is 28.9 Å². The van der Waals surface area contributed by atoms with E-state index in [-0.39, 0.29) is 0 Å². The van der Waals surface area contributed by atoms with Crippen molar-refractivity contribution in [2.45, 2.75) is 11.8 Å². The molecule has 30 heavy (non-hydrogen) atoms. The molecule has 0 saturated carbocycles. The highest BCUT2D eigenvalue weighted by molar-refractivity contribution is 6.42. The summed E-state index contributed by atoms with van der Waals surface area (Å²) in [5, 5.41) is 4.56. The van der Waals surface area contributed by atoms with Gasteiger partial charge in [-0.3, -0.25) is 0 Å². The SMILES string of the molecule is Clc1ccc(C2Nc3ccccc3C(c3ccccc3)(c3ccccc3)O2)cc1Cl. The maximum Gasteiger partial charge on any atom is 0.156 e. The van der Waals surface area contributed by atoms with Crippen molar-refractivity contribution in [1.82, 2.24) is 0 Å². The van der Waals surface area contributed by atoms with Gasteiger partial charge < -0.3 is 10.1 Å². The number of halogens is 2. The van der Waals surface area contributed by atoms with Crippen molar-refractivity contribution in [3.8, 4) is 0 Å². The van der Waals surface area contributed by atoms with Gasteiger partial charge in [-0.2, -0.15) is 0 Å². The first-order valence-electron chi connectivity index (χ1n) is 9.78. The highest BCUT2D eigenvalue weighted by atomic mass is 35.5. The van der Waals surface area contributed by atoms with Gasteiger partial charge in [0, 0.05) is 16.8 Å². The van der Waals surface area contributed by atoms with Gasteiger partial charge in [-0.15, -0.1) is 0 Å². The summed E-state index contributed by atoms with van der Waals surface area (Å²) >= 11 is 12.5. The van der Waals surface area contributed by atoms with Crippen LogP contribution in [0.1, 0.15) is 28.5 Å². The van der Waals surface area contributed by atoms with Gasteiger partial charge in [0.1, 0.15) is 5.60 Å². The van der Waals surface area contributed by atoms with Crippen molar-refractivity contribution in [2.24, 2.45) is 0 Å². The van der Waals surface area contributed by atoms with Crippen molar-refractivity contribution < 1.29 is 4.74 Å². The predicted octanol–water partition coefficient (Wildman–Crippen LogP) is 7.43. The summed E-state index contributed by atoms with van der Waals surface area (Å²) in [7, 11) is 0. The molecule has 1 aliphatic heterocycles. The van der Waals surface area contributed by atoms with Crippen LogP contribution in [0.25, 0.3) is 0 Å². The predicted molar refractivity (Wildman–Crippen MR) is 123 cm³/mol. The summed E-state index contributed by atoms with van der Waals surface area (Å²) in [6.07, 6.45) is -0.407. The van der Waals surface area contributed by atoms with Gasteiger partial charge in [0.2, 0.25) is 0 Å². The third-order valence-electron chi connectivity index (χ3n) is 5.49. The Morgan fingerprint density at radius 1 is 0.667 bits per heavy atom. The number of rotatable bonds is 3. The molecule has 1 heterocycles. The van der Waals surface area contributed by atoms with Gasteiger partial charge in [0.25, 0.3) is 0 Å². The van der Waals surface area contributed by atoms with Crippen molar-refractivity contribution in [3.05, 3.63) is 135 Å². The highest BCUT2D eigenvalue weighted by Crippen LogP contribution is 2.50. The maximum absolute atomic E-state index is 6.94. The topological polar surface area (TPSA) is 21.3 Å². The second-order valence-electron chi connectivity index (χ2n) is 7.27. The van der Waals surface area contributed by atoms with Crippen LogP contribution in [0.15, 0.2) is 103 Å². The van der Waals surface area contributed by atoms with Crippen LogP contribution in [0.4, 0.5) is 5.69 Å². The lowest BCUT2D eigenvalue weighted by molar-refractivity contribution is -0.0432. The van der Waals surface area contributed by atoms with Crippen LogP contribution < -0.4 is 5.32 Å². The fourth-order valence-electron chi connectivity index (χ4n) is 4.11. The lowest BCUT2D eigenvalue weighted by Crippen LogP contribution is -2.40. The third kappa shape index (κ3) is 3.18. The van der Waals surface area contributed by atoms with Crippen LogP contribution in [0.2, 0.25) is 10.0 Å². The Hall–Kier alpha value is -2.78. The number of hydrogen-bond donors (Lipinski definition) is 1. The van der Waals surface area contributed by atoms with E-state index in [0.717, 1.165) is 27.9 Å². The molecule has 4 aromatic rings. The molecule has 148 valence electrons. The van der Waals surface area contributed by atoms with Gasteiger partial charge in [-0.05, 0) is 29.3 Å². The van der Waals surface area contributed by atoms with Gasteiger partial charge in [0.15, 0.2) is 6.23 Å². The van der Waals surface area contributed by atoms with E-state index in [1.807, 2.05) is 60.7 Å². The maximum atomic E-state index is 6.94. The van der Waals surface area contributed by atoms with E-state index < -0.39 is 11.8 Å². The number of ether oxygens (including phenoxy) is 1. The minimum Gasteiger partial charge on any atom is -0.356 e. The molecule has 4 heteroatoms. The molecule has 0 aliphatic carbocycles. The summed E-state index contributed by atoms with van der Waals surface area (Å²) in [5.74, 6) is 0. The van der Waals surface area contributed by atoms with Crippen molar-refractivity contribution in [1.29, 1.82) is 0 Å². The normalized spacial score (nSPS) is 17.1. The average molecular weight is 432 g/mol. The van der Waals surface area contributed by atoms with Gasteiger partial charge in [0.05, 0.1) is 10.0 Å². The molecule has 0 amide bonds. The quantitative estimate of drug-likeness (QED) is 0.364. The smallest absolute Gasteiger partial charge is 0.156 e. The van der Waals surface area contributed by atoms with E-state index in [1.165, 1.54) is 0 Å². The average Bonchev–Trinajstić information content (AvgIpc) is 2.81. The van der Waals surface area contributed by atoms with Crippen LogP contribution in [-0.4, -0.2) is 0 Å². The van der Waals surface area contributed by atoms with E-state index >= 15 is 0 Å². The van der Waals surface area contributed by atoms with Crippen molar-refractivity contribution in [3.63, 3.8) is 0 Å². The molecule has 0 fully saturated rings. The summed E-state index contributed by atoms with van der Waals surface area (Å²) in [6, 6.07) is 34.6. The standard InChI is InChI=1S/C26H19Cl2NO/c27-22-16-15-18(17-23(22)28)25-29-24-14-8-7-13-21(24)26(30-25,19-9-3-1-4-10-19)20-11-5-2-6-12-20/h1-17,25,29H. The molecule has 2 nitrogen and oxygen atoms in total. The summed E-state index contributed by atoms with van der Waals surface area (Å²) in [6.45, 7) is 0. The molecular weight excluding hydrogens is 413 g/mol. The molecule has 0 spiro atoms. The van der Waals surface area contributed by atoms with Gasteiger partial charge >= 0.3 is 0 Å². The number of para-hydroxylation sites is 1. The largest absolute Gasteiger partial charge is 0.356 e. The zero-order chi connectivity index (χ0) is 20.6. The zero-order valence-electron chi connectivity index (χ0n) is 16.1. The van der Waals surface area contributed by atoms with E-state index in [2.05, 4.69) is 41.7 Å². The minimum atomic E-state index is -0.777. The highest BCUT2D eigenvalue weighted by Gasteiger charge is 2.44. The molecule has 1 unspecified atom stereocenters. The van der Waals surface area contributed by atoms with E-state index in [9.17, 15) is 0 Å². The molecule has 1 N–H and O–H groups in total. The molecule has 1 aliphatic rings. The molecule has 0 bridgehead atoms. The summed E-state index contributed by atoms with van der Waals surface area (Å²) in [4.78, 5) is 0. The molecular formula is C26H19Cl2NO. The van der Waals surface area contributed by atoms with Crippen LogP contribution in [0.5, 0.6) is 0 Å². The second kappa shape index (κ2) is 7.81. The number of nitrogens with one attached hydrogen (secondary N) is 1. The van der Waals surface area contributed by atoms with E-state index in [4.69, 9.17) is 27.9 Å². The molecule has 5 rings (SSSR count). The molecule has 0 radical (unpaired) electrons. The fourth-order valence-corrected chi connectivity index (χ4v) is 4.42.